The number of aromatic nitrogens is 3. The van der Waals surface area contributed by atoms with Crippen molar-refractivity contribution in [3.63, 3.8) is 0 Å². The van der Waals surface area contributed by atoms with Gasteiger partial charge in [-0.3, -0.25) is 14.4 Å². The number of carboxylic acids is 2. The van der Waals surface area contributed by atoms with Gasteiger partial charge in [-0.15, -0.1) is 0 Å². The quantitative estimate of drug-likeness (QED) is 0.0782. The van der Waals surface area contributed by atoms with Crippen LogP contribution >= 0.6 is 0 Å². The zero-order valence-electron chi connectivity index (χ0n) is 45.7. The number of aliphatic carboxylic acids is 2. The van der Waals surface area contributed by atoms with Crippen molar-refractivity contribution in [3.05, 3.63) is 203 Å². The number of nitrogens with zero attached hydrogens (tertiary/aromatic N) is 5. The van der Waals surface area contributed by atoms with E-state index in [1.54, 1.807) is 42.0 Å². The zero-order chi connectivity index (χ0) is 57.0. The summed E-state index contributed by atoms with van der Waals surface area (Å²) in [5, 5.41) is 18.9. The van der Waals surface area contributed by atoms with Crippen LogP contribution in [0.5, 0.6) is 0 Å². The summed E-state index contributed by atoms with van der Waals surface area (Å²) >= 11 is 0. The highest BCUT2D eigenvalue weighted by molar-refractivity contribution is 7.89. The molecule has 8 aromatic rings. The van der Waals surface area contributed by atoms with Crippen LogP contribution in [-0.2, 0) is 71.6 Å². The van der Waals surface area contributed by atoms with E-state index in [2.05, 4.69) is 0 Å². The molecule has 15 nitrogen and oxygen atoms in total. The van der Waals surface area contributed by atoms with Crippen LogP contribution in [0.25, 0.3) is 33.8 Å². The maximum atomic E-state index is 13.3. The summed E-state index contributed by atoms with van der Waals surface area (Å²) in [4.78, 5) is 35.3. The third kappa shape index (κ3) is 13.8. The fraction of sp³-hybridized carbons (Fsp3) is 0.286. The van der Waals surface area contributed by atoms with E-state index in [1.807, 2.05) is 172 Å². The fourth-order valence-electron chi connectivity index (χ4n) is 10.6. The van der Waals surface area contributed by atoms with Crippen molar-refractivity contribution in [1.82, 2.24) is 22.3 Å². The lowest BCUT2D eigenvalue weighted by molar-refractivity contribution is -0.144. The van der Waals surface area contributed by atoms with E-state index in [9.17, 15) is 41.4 Å². The number of hydrogen-bond acceptors (Lipinski definition) is 8. The van der Waals surface area contributed by atoms with E-state index < -0.39 is 32.0 Å². The Labute approximate surface area is 469 Å². The molecule has 0 aliphatic carbocycles. The summed E-state index contributed by atoms with van der Waals surface area (Å²) in [5.41, 5.74) is 11.6. The summed E-state index contributed by atoms with van der Waals surface area (Å²) in [6.07, 6.45) is 4.37. The third-order valence-corrected chi connectivity index (χ3v) is 18.5. The molecule has 2 N–H and O–H groups in total. The molecule has 0 spiro atoms. The number of esters is 1. The van der Waals surface area contributed by atoms with Crippen molar-refractivity contribution in [2.24, 2.45) is 0 Å². The number of carbonyl (C=O) groups excluding carboxylic acids is 1. The molecule has 2 aliphatic rings. The second kappa shape index (κ2) is 26.4. The monoisotopic (exact) mass is 1120 g/mol. The Kier molecular flexibility index (Phi) is 19.3. The van der Waals surface area contributed by atoms with Crippen LogP contribution in [-0.4, -0.2) is 100 Å². The van der Waals surface area contributed by atoms with Crippen LogP contribution in [0, 0.1) is 20.8 Å². The summed E-state index contributed by atoms with van der Waals surface area (Å²) in [7, 11) is -7.10. The molecule has 0 radical (unpaired) electrons. The van der Waals surface area contributed by atoms with Gasteiger partial charge in [0.05, 0.1) is 22.1 Å². The molecule has 5 heterocycles. The van der Waals surface area contributed by atoms with Gasteiger partial charge in [-0.2, -0.15) is 8.61 Å². The number of rotatable bonds is 18. The van der Waals surface area contributed by atoms with Crippen LogP contribution in [0.2, 0.25) is 0 Å². The Morgan fingerprint density at radius 3 is 1.39 bits per heavy atom. The van der Waals surface area contributed by atoms with Crippen molar-refractivity contribution in [2.75, 3.05) is 32.8 Å². The average molecular weight is 1120 g/mol. The highest BCUT2D eigenvalue weighted by Crippen LogP contribution is 2.34. The van der Waals surface area contributed by atoms with Gasteiger partial charge in [0.1, 0.15) is 19.6 Å². The van der Waals surface area contributed by atoms with Crippen LogP contribution < -0.4 is 0 Å². The van der Waals surface area contributed by atoms with Crippen LogP contribution in [0.1, 0.15) is 71.9 Å². The lowest BCUT2D eigenvalue weighted by atomic mass is 10.0. The van der Waals surface area contributed by atoms with Gasteiger partial charge in [-0.1, -0.05) is 127 Å². The van der Waals surface area contributed by atoms with Crippen LogP contribution in [0.3, 0.4) is 0 Å². The van der Waals surface area contributed by atoms with Gasteiger partial charge >= 0.3 is 17.9 Å². The number of carboxylic acid groups (broad SMARTS) is 2. The number of carbonyl (C=O) groups is 3. The first-order valence-electron chi connectivity index (χ1n) is 26.9. The van der Waals surface area contributed by atoms with Gasteiger partial charge in [0.15, 0.2) is 0 Å². The summed E-state index contributed by atoms with van der Waals surface area (Å²) in [6, 6.07) is 51.6. The Morgan fingerprint density at radius 2 is 0.900 bits per heavy atom. The molecule has 0 atom stereocenters. The predicted octanol–water partition coefficient (Wildman–Crippen LogP) is 10.9. The second-order valence-electron chi connectivity index (χ2n) is 19.9. The van der Waals surface area contributed by atoms with Crippen molar-refractivity contribution in [2.45, 2.75) is 95.6 Å². The summed E-state index contributed by atoms with van der Waals surface area (Å²) in [6.45, 7) is 10.2. The lowest BCUT2D eigenvalue weighted by Gasteiger charge is -2.18. The molecule has 0 saturated carbocycles. The summed E-state index contributed by atoms with van der Waals surface area (Å²) < 4.78 is 66.6. The van der Waals surface area contributed by atoms with Gasteiger partial charge < -0.3 is 28.7 Å². The predicted molar refractivity (Wildman–Crippen MR) is 310 cm³/mol. The van der Waals surface area contributed by atoms with Gasteiger partial charge in [0, 0.05) is 67.5 Å². The lowest BCUT2D eigenvalue weighted by Crippen LogP contribution is -2.28. The molecule has 5 aromatic carbocycles. The minimum absolute atomic E-state index is 0.149. The minimum atomic E-state index is -3.56. The first-order chi connectivity index (χ1) is 38.5. The second-order valence-corrected chi connectivity index (χ2v) is 23.7. The molecule has 80 heavy (non-hydrogen) atoms. The fourth-order valence-corrected chi connectivity index (χ4v) is 14.0. The minimum Gasteiger partial charge on any atom is -0.480 e. The maximum Gasteiger partial charge on any atom is 0.325 e. The molecule has 2 fully saturated rings. The first kappa shape index (κ1) is 58.3. The van der Waals surface area contributed by atoms with Crippen LogP contribution in [0.15, 0.2) is 174 Å². The molecular formula is C63H69N5O10S2. The molecule has 2 aliphatic heterocycles. The number of ether oxygens (including phenoxy) is 1. The molecule has 0 unspecified atom stereocenters. The third-order valence-electron chi connectivity index (χ3n) is 14.5. The largest absolute Gasteiger partial charge is 0.480 e. The van der Waals surface area contributed by atoms with Gasteiger partial charge in [-0.25, -0.2) is 16.8 Å². The topological polar surface area (TPSA) is 190 Å². The molecule has 0 amide bonds. The van der Waals surface area contributed by atoms with Gasteiger partial charge in [0.2, 0.25) is 20.0 Å². The Bertz CT molecular complexity index is 3640. The highest BCUT2D eigenvalue weighted by Gasteiger charge is 2.31. The van der Waals surface area contributed by atoms with Crippen molar-refractivity contribution < 1.29 is 46.2 Å². The van der Waals surface area contributed by atoms with E-state index in [4.69, 9.17) is 4.74 Å². The van der Waals surface area contributed by atoms with Crippen LogP contribution in [0.4, 0.5) is 0 Å². The highest BCUT2D eigenvalue weighted by atomic mass is 32.2. The number of benzene rings is 5. The van der Waals surface area contributed by atoms with Crippen molar-refractivity contribution in [1.29, 1.82) is 0 Å². The normalized spacial score (nSPS) is 13.8. The zero-order valence-corrected chi connectivity index (χ0v) is 47.3. The Balaban J connectivity index is 0.000000164. The smallest absolute Gasteiger partial charge is 0.325 e. The summed E-state index contributed by atoms with van der Waals surface area (Å²) in [5.74, 6) is -2.03. The number of aryl methyl sites for hydroxylation is 2. The molecule has 418 valence electrons. The van der Waals surface area contributed by atoms with E-state index in [1.165, 1.54) is 0 Å². The number of hydrogen-bond donors (Lipinski definition) is 2. The Morgan fingerprint density at radius 1 is 0.463 bits per heavy atom. The average Bonchev–Trinajstić information content (AvgIpc) is 4.35. The molecule has 0 bridgehead atoms. The van der Waals surface area contributed by atoms with Crippen molar-refractivity contribution >= 4 is 38.0 Å². The van der Waals surface area contributed by atoms with E-state index in [-0.39, 0.29) is 25.6 Å². The van der Waals surface area contributed by atoms with Gasteiger partial charge in [-0.05, 0) is 129 Å². The number of sulfonamides is 2. The molecule has 10 rings (SSSR count). The van der Waals surface area contributed by atoms with Gasteiger partial charge in [0.25, 0.3) is 0 Å². The van der Waals surface area contributed by atoms with E-state index >= 15 is 0 Å². The molecule has 17 heteroatoms. The maximum absolute atomic E-state index is 13.3. The Hall–Kier alpha value is -7.83. The molecule has 3 aromatic heterocycles. The van der Waals surface area contributed by atoms with Crippen molar-refractivity contribution in [3.8, 4) is 33.8 Å². The molecular weight excluding hydrogens is 1050 g/mol. The molecule has 2 saturated heterocycles. The SMILES string of the molecule is CCOC(=O)Cn1c(C)ccc1-c1ccccc1.Cc1c(Cc2ccccc2S(=O)(=O)N2CCCC2)cc(-c2ccccc2)n1CC(=O)O.Cc1cc(Cc2ccccc2S(=O)(=O)N2CCCC2)c(-c2ccccc2)n1CC(=O)O. The first-order valence-corrected chi connectivity index (χ1v) is 29.8. The van der Waals surface area contributed by atoms with E-state index in [0.717, 1.165) is 98.8 Å². The standard InChI is InChI=1S/2C24H26N2O4S.C15H17NO2/c1-18-21(16-22(26(18)17-24(27)28)19-9-3-2-4-10-19)15-20-11-5-6-12-23(20)31(29,30)25-13-7-8-14-25;1-18-15-21(24(26(18)17-23(27)28)19-9-3-2-4-10-19)16-20-11-5-6-12-22(20)31(29,30)25-13-7-8-14-25;1-3-18-15(17)11-16-12(2)9-10-14(16)13-7-5-4-6-8-13/h2-6,9-12,16H,7-8,13-15,17H2,1H3,(H,27,28);2-6,9-12,15H,7-8,13-14,16-17H2,1H3,(H,27,28);4-10H,3,11H2,1-2H3. The van der Waals surface area contributed by atoms with E-state index in [0.29, 0.717) is 55.4 Å².